The summed E-state index contributed by atoms with van der Waals surface area (Å²) >= 11 is 3.27. The van der Waals surface area contributed by atoms with Gasteiger partial charge >= 0.3 is 5.97 Å². The Kier molecular flexibility index (Phi) is 2.84. The number of hydrogen-bond acceptors (Lipinski definition) is 4. The molecule has 0 amide bonds. The van der Waals surface area contributed by atoms with Gasteiger partial charge in [0.1, 0.15) is 4.88 Å². The van der Waals surface area contributed by atoms with Crippen LogP contribution in [0.4, 0.5) is 0 Å². The Morgan fingerprint density at radius 3 is 2.89 bits per heavy atom. The van der Waals surface area contributed by atoms with E-state index in [1.165, 1.54) is 36.4 Å². The van der Waals surface area contributed by atoms with Gasteiger partial charge in [-0.15, -0.1) is 22.7 Å². The molecule has 0 fully saturated rings. The second-order valence-corrected chi connectivity index (χ2v) is 6.21. The number of rotatable bonds is 2. The Labute approximate surface area is 113 Å². The molecule has 0 spiro atoms. The molecule has 2 aromatic heterocycles. The van der Waals surface area contributed by atoms with Crippen LogP contribution in [0.15, 0.2) is 24.3 Å². The molecule has 0 aliphatic heterocycles. The summed E-state index contributed by atoms with van der Waals surface area (Å²) in [4.78, 5) is 12.4. The predicted molar refractivity (Wildman–Crippen MR) is 77.9 cm³/mol. The van der Waals surface area contributed by atoms with Crippen LogP contribution in [0.3, 0.4) is 0 Å². The van der Waals surface area contributed by atoms with Crippen molar-refractivity contribution in [3.8, 4) is 0 Å². The van der Waals surface area contributed by atoms with E-state index >= 15 is 0 Å². The van der Waals surface area contributed by atoms with Crippen LogP contribution in [0, 0.1) is 6.92 Å². The zero-order valence-corrected chi connectivity index (χ0v) is 11.8. The quantitative estimate of drug-likeness (QED) is 0.639. The van der Waals surface area contributed by atoms with E-state index in [2.05, 4.69) is 25.1 Å². The van der Waals surface area contributed by atoms with E-state index in [0.717, 1.165) is 0 Å². The molecule has 0 aliphatic carbocycles. The fourth-order valence-corrected chi connectivity index (χ4v) is 4.64. The van der Waals surface area contributed by atoms with Gasteiger partial charge in [0.25, 0.3) is 0 Å². The minimum atomic E-state index is -0.215. The van der Waals surface area contributed by atoms with Crippen molar-refractivity contribution in [1.29, 1.82) is 0 Å². The first-order chi connectivity index (χ1) is 8.70. The van der Waals surface area contributed by atoms with Crippen LogP contribution >= 0.6 is 22.7 Å². The summed E-state index contributed by atoms with van der Waals surface area (Å²) in [5.74, 6) is -0.215. The van der Waals surface area contributed by atoms with Gasteiger partial charge in [0, 0.05) is 14.8 Å². The van der Waals surface area contributed by atoms with Crippen molar-refractivity contribution in [3.05, 3.63) is 34.7 Å². The number of fused-ring (bicyclic) bond motifs is 3. The van der Waals surface area contributed by atoms with E-state index in [9.17, 15) is 4.79 Å². The van der Waals surface area contributed by atoms with E-state index in [1.54, 1.807) is 11.3 Å². The maximum absolute atomic E-state index is 11.7. The van der Waals surface area contributed by atoms with Crippen LogP contribution < -0.4 is 0 Å². The molecular formula is C14H12O2S2. The Hall–Kier alpha value is -1.39. The molecule has 92 valence electrons. The molecule has 4 heteroatoms. The number of ether oxygens (including phenoxy) is 1. The van der Waals surface area contributed by atoms with Crippen molar-refractivity contribution in [2.45, 2.75) is 13.8 Å². The lowest BCUT2D eigenvalue weighted by molar-refractivity contribution is 0.0532. The van der Waals surface area contributed by atoms with Gasteiger partial charge in [0.2, 0.25) is 0 Å². The maximum Gasteiger partial charge on any atom is 0.348 e. The molecule has 2 heterocycles. The fourth-order valence-electron chi connectivity index (χ4n) is 2.06. The van der Waals surface area contributed by atoms with Gasteiger partial charge in [0.15, 0.2) is 0 Å². The zero-order valence-electron chi connectivity index (χ0n) is 10.1. The molecular weight excluding hydrogens is 264 g/mol. The Morgan fingerprint density at radius 1 is 1.28 bits per heavy atom. The molecule has 1 aromatic carbocycles. The number of aryl methyl sites for hydroxylation is 1. The molecule has 3 aromatic rings. The standard InChI is InChI=1S/C14H12O2S2/c1-3-16-14(15)11-7-10-13(18-11)12-8(2)5-4-6-9(12)17-10/h4-7H,3H2,1-2H3. The highest BCUT2D eigenvalue weighted by Gasteiger charge is 2.15. The number of esters is 1. The van der Waals surface area contributed by atoms with Crippen LogP contribution in [-0.2, 0) is 4.74 Å². The summed E-state index contributed by atoms with van der Waals surface area (Å²) in [5.41, 5.74) is 1.26. The Morgan fingerprint density at radius 2 is 2.11 bits per heavy atom. The molecule has 0 saturated carbocycles. The van der Waals surface area contributed by atoms with Gasteiger partial charge in [-0.25, -0.2) is 4.79 Å². The lowest BCUT2D eigenvalue weighted by atomic mass is 10.1. The van der Waals surface area contributed by atoms with Crippen molar-refractivity contribution in [1.82, 2.24) is 0 Å². The van der Waals surface area contributed by atoms with Gasteiger partial charge in [-0.1, -0.05) is 12.1 Å². The number of benzene rings is 1. The Bertz CT molecular complexity index is 737. The molecule has 3 rings (SSSR count). The lowest BCUT2D eigenvalue weighted by Gasteiger charge is -1.97. The van der Waals surface area contributed by atoms with Gasteiger partial charge in [-0.05, 0) is 31.5 Å². The third kappa shape index (κ3) is 1.72. The van der Waals surface area contributed by atoms with Crippen molar-refractivity contribution >= 4 is 48.1 Å². The lowest BCUT2D eigenvalue weighted by Crippen LogP contribution is -2.01. The summed E-state index contributed by atoms with van der Waals surface area (Å²) < 4.78 is 8.71. The average molecular weight is 276 g/mol. The van der Waals surface area contributed by atoms with Gasteiger partial charge in [-0.3, -0.25) is 0 Å². The first kappa shape index (κ1) is 11.7. The smallest absolute Gasteiger partial charge is 0.348 e. The van der Waals surface area contributed by atoms with Gasteiger partial charge < -0.3 is 4.74 Å². The summed E-state index contributed by atoms with van der Waals surface area (Å²) in [6.45, 7) is 4.36. The summed E-state index contributed by atoms with van der Waals surface area (Å²) in [7, 11) is 0. The van der Waals surface area contributed by atoms with E-state index < -0.39 is 0 Å². The van der Waals surface area contributed by atoms with E-state index in [4.69, 9.17) is 4.74 Å². The van der Waals surface area contributed by atoms with Crippen LogP contribution in [0.1, 0.15) is 22.2 Å². The molecule has 0 radical (unpaired) electrons. The van der Waals surface area contributed by atoms with Crippen LogP contribution in [-0.4, -0.2) is 12.6 Å². The number of thiophene rings is 2. The second-order valence-electron chi connectivity index (χ2n) is 4.07. The largest absolute Gasteiger partial charge is 0.462 e. The highest BCUT2D eigenvalue weighted by atomic mass is 32.1. The molecule has 18 heavy (non-hydrogen) atoms. The predicted octanol–water partition coefficient (Wildman–Crippen LogP) is 4.60. The first-order valence-electron chi connectivity index (χ1n) is 5.79. The van der Waals surface area contributed by atoms with Crippen LogP contribution in [0.25, 0.3) is 19.5 Å². The molecule has 0 aliphatic rings. The van der Waals surface area contributed by atoms with E-state index in [-0.39, 0.29) is 5.97 Å². The summed E-state index contributed by atoms with van der Waals surface area (Å²) in [6.07, 6.45) is 0. The summed E-state index contributed by atoms with van der Waals surface area (Å²) in [5, 5.41) is 1.28. The van der Waals surface area contributed by atoms with Gasteiger partial charge in [-0.2, -0.15) is 0 Å². The van der Waals surface area contributed by atoms with Crippen LogP contribution in [0.5, 0.6) is 0 Å². The number of carbonyl (C=O) groups is 1. The van der Waals surface area contributed by atoms with E-state index in [0.29, 0.717) is 11.5 Å². The fraction of sp³-hybridized carbons (Fsp3) is 0.214. The zero-order chi connectivity index (χ0) is 12.7. The molecule has 0 atom stereocenters. The monoisotopic (exact) mass is 276 g/mol. The minimum absolute atomic E-state index is 0.215. The first-order valence-corrected chi connectivity index (χ1v) is 7.42. The van der Waals surface area contributed by atoms with Crippen LogP contribution in [0.2, 0.25) is 0 Å². The normalized spacial score (nSPS) is 11.2. The Balaban J connectivity index is 2.22. The third-order valence-corrected chi connectivity index (χ3v) is 5.22. The highest BCUT2D eigenvalue weighted by molar-refractivity contribution is 7.33. The number of hydrogen-bond donors (Lipinski definition) is 0. The molecule has 0 bridgehead atoms. The number of carbonyl (C=O) groups excluding carboxylic acids is 1. The SMILES string of the molecule is CCOC(=O)c1cc2sc3cccc(C)c3c2s1. The molecule has 2 nitrogen and oxygen atoms in total. The average Bonchev–Trinajstić information content (AvgIpc) is 2.86. The minimum Gasteiger partial charge on any atom is -0.462 e. The van der Waals surface area contributed by atoms with Crippen molar-refractivity contribution in [2.24, 2.45) is 0 Å². The highest BCUT2D eigenvalue weighted by Crippen LogP contribution is 2.40. The topological polar surface area (TPSA) is 26.3 Å². The van der Waals surface area contributed by atoms with Crippen molar-refractivity contribution < 1.29 is 9.53 Å². The van der Waals surface area contributed by atoms with Crippen molar-refractivity contribution in [3.63, 3.8) is 0 Å². The maximum atomic E-state index is 11.7. The van der Waals surface area contributed by atoms with Gasteiger partial charge in [0.05, 0.1) is 11.3 Å². The second kappa shape index (κ2) is 4.37. The molecule has 0 unspecified atom stereocenters. The van der Waals surface area contributed by atoms with E-state index in [1.807, 2.05) is 13.0 Å². The molecule has 0 saturated heterocycles. The summed E-state index contributed by atoms with van der Waals surface area (Å²) in [6, 6.07) is 8.26. The third-order valence-electron chi connectivity index (χ3n) is 2.86. The molecule has 0 N–H and O–H groups in total. The van der Waals surface area contributed by atoms with Crippen molar-refractivity contribution in [2.75, 3.05) is 6.61 Å².